The summed E-state index contributed by atoms with van der Waals surface area (Å²) < 4.78 is 19.3. The fourth-order valence-electron chi connectivity index (χ4n) is 2.73. The Balaban J connectivity index is 2.21. The Hall–Kier alpha value is -2.68. The van der Waals surface area contributed by atoms with Gasteiger partial charge in [-0.2, -0.15) is 0 Å². The van der Waals surface area contributed by atoms with Crippen LogP contribution in [0.5, 0.6) is 0 Å². The summed E-state index contributed by atoms with van der Waals surface area (Å²) in [5.41, 5.74) is 1.23. The molecule has 0 aliphatic rings. The molecule has 7 nitrogen and oxygen atoms in total. The smallest absolute Gasteiger partial charge is 0.422 e. The average molecular weight is 453 g/mol. The van der Waals surface area contributed by atoms with Crippen molar-refractivity contribution in [3.8, 4) is 11.1 Å². The number of amides is 1. The van der Waals surface area contributed by atoms with Gasteiger partial charge in [0.15, 0.2) is 5.60 Å². The van der Waals surface area contributed by atoms with Crippen LogP contribution in [0.25, 0.3) is 11.1 Å². The van der Waals surface area contributed by atoms with Crippen molar-refractivity contribution in [2.24, 2.45) is 0 Å². The van der Waals surface area contributed by atoms with Crippen LogP contribution in [0, 0.1) is 5.82 Å². The molecule has 0 radical (unpaired) electrons. The van der Waals surface area contributed by atoms with Crippen molar-refractivity contribution in [1.82, 2.24) is 10.4 Å². The van der Waals surface area contributed by atoms with Gasteiger partial charge in [-0.1, -0.05) is 35.9 Å². The van der Waals surface area contributed by atoms with Crippen LogP contribution in [0.1, 0.15) is 33.3 Å². The molecule has 1 atom stereocenters. The predicted octanol–water partition coefficient (Wildman–Crippen LogP) is 4.22. The Morgan fingerprint density at radius 2 is 1.74 bits per heavy atom. The highest BCUT2D eigenvalue weighted by atomic mass is 35.5. The second-order valence-corrected chi connectivity index (χ2v) is 8.81. The second-order valence-electron chi connectivity index (χ2n) is 8.37. The van der Waals surface area contributed by atoms with Gasteiger partial charge in [0, 0.05) is 17.1 Å². The number of carbonyl (C=O) groups excluding carboxylic acids is 1. The molecule has 0 aliphatic heterocycles. The number of ether oxygens (including phenoxy) is 1. The van der Waals surface area contributed by atoms with E-state index in [1.165, 1.54) is 23.2 Å². The summed E-state index contributed by atoms with van der Waals surface area (Å²) in [7, 11) is 0. The number of carboxylic acids is 1. The highest BCUT2D eigenvalue weighted by Gasteiger charge is 2.33. The summed E-state index contributed by atoms with van der Waals surface area (Å²) >= 11 is 5.95. The van der Waals surface area contributed by atoms with E-state index in [0.717, 1.165) is 6.92 Å². The molecule has 0 fully saturated rings. The van der Waals surface area contributed by atoms with Crippen molar-refractivity contribution < 1.29 is 28.9 Å². The molecule has 1 amide bonds. The van der Waals surface area contributed by atoms with Crippen LogP contribution in [0.2, 0.25) is 5.02 Å². The van der Waals surface area contributed by atoms with E-state index >= 15 is 0 Å². The van der Waals surface area contributed by atoms with Gasteiger partial charge in [0.2, 0.25) is 0 Å². The SMILES string of the molecule is CC(C)(C)OC(=O)NN(Cc1ccc(-c2cc(Cl)ccc2F)cc1)CC(C)(O)C(=O)O. The first kappa shape index (κ1) is 24.6. The molecule has 3 N–H and O–H groups in total. The first-order valence-electron chi connectivity index (χ1n) is 9.51. The molecule has 0 saturated heterocycles. The Bertz CT molecular complexity index is 942. The topological polar surface area (TPSA) is 99.1 Å². The van der Waals surface area contributed by atoms with Crippen molar-refractivity contribution in [3.63, 3.8) is 0 Å². The number of aliphatic carboxylic acids is 1. The maximum atomic E-state index is 14.1. The molecule has 0 spiro atoms. The van der Waals surface area contributed by atoms with E-state index in [-0.39, 0.29) is 6.54 Å². The number of nitrogens with zero attached hydrogens (tertiary/aromatic N) is 1. The first-order chi connectivity index (χ1) is 14.3. The monoisotopic (exact) mass is 452 g/mol. The molecule has 1 unspecified atom stereocenters. The van der Waals surface area contributed by atoms with Crippen LogP contribution in [0.3, 0.4) is 0 Å². The molecule has 9 heteroatoms. The van der Waals surface area contributed by atoms with E-state index in [9.17, 15) is 24.2 Å². The zero-order chi connectivity index (χ0) is 23.4. The van der Waals surface area contributed by atoms with Crippen LogP contribution >= 0.6 is 11.6 Å². The average Bonchev–Trinajstić information content (AvgIpc) is 2.62. The first-order valence-corrected chi connectivity index (χ1v) is 9.89. The van der Waals surface area contributed by atoms with Gasteiger partial charge in [-0.3, -0.25) is 5.43 Å². The lowest BCUT2D eigenvalue weighted by atomic mass is 10.0. The van der Waals surface area contributed by atoms with E-state index < -0.39 is 35.6 Å². The molecule has 0 saturated carbocycles. The van der Waals surface area contributed by atoms with Crippen LogP contribution < -0.4 is 5.43 Å². The van der Waals surface area contributed by atoms with E-state index in [2.05, 4.69) is 5.43 Å². The van der Waals surface area contributed by atoms with Gasteiger partial charge < -0.3 is 14.9 Å². The number of hydrogen-bond donors (Lipinski definition) is 3. The molecule has 0 heterocycles. The zero-order valence-electron chi connectivity index (χ0n) is 17.8. The summed E-state index contributed by atoms with van der Waals surface area (Å²) in [5.74, 6) is -1.85. The molecule has 168 valence electrons. The summed E-state index contributed by atoms with van der Waals surface area (Å²) in [6, 6.07) is 11.0. The Morgan fingerprint density at radius 3 is 2.29 bits per heavy atom. The lowest BCUT2D eigenvalue weighted by Gasteiger charge is -2.30. The van der Waals surface area contributed by atoms with Gasteiger partial charge >= 0.3 is 12.1 Å². The van der Waals surface area contributed by atoms with Crippen molar-refractivity contribution in [3.05, 3.63) is 58.9 Å². The van der Waals surface area contributed by atoms with Gasteiger partial charge in [-0.25, -0.2) is 19.0 Å². The molecular weight excluding hydrogens is 427 g/mol. The fraction of sp³-hybridized carbons (Fsp3) is 0.364. The highest BCUT2D eigenvalue weighted by Crippen LogP contribution is 2.26. The number of nitrogens with one attached hydrogen (secondary N) is 1. The summed E-state index contributed by atoms with van der Waals surface area (Å²) in [6.07, 6.45) is -0.786. The fourth-order valence-corrected chi connectivity index (χ4v) is 2.91. The van der Waals surface area contributed by atoms with E-state index in [1.54, 1.807) is 45.0 Å². The van der Waals surface area contributed by atoms with Gasteiger partial charge in [0.05, 0.1) is 6.54 Å². The van der Waals surface area contributed by atoms with Crippen LogP contribution in [-0.2, 0) is 16.1 Å². The number of hydrogen-bond acceptors (Lipinski definition) is 5. The Morgan fingerprint density at radius 1 is 1.13 bits per heavy atom. The number of halogens is 2. The molecule has 2 aromatic carbocycles. The summed E-state index contributed by atoms with van der Waals surface area (Å²) in [6.45, 7) is 5.88. The lowest BCUT2D eigenvalue weighted by molar-refractivity contribution is -0.159. The lowest BCUT2D eigenvalue weighted by Crippen LogP contribution is -2.53. The largest absolute Gasteiger partial charge is 0.479 e. The number of rotatable bonds is 7. The number of aliphatic hydroxyl groups is 1. The number of benzene rings is 2. The molecular formula is C22H26ClFN2O5. The van der Waals surface area contributed by atoms with Crippen LogP contribution in [-0.4, -0.2) is 45.0 Å². The third-order valence-corrected chi connectivity index (χ3v) is 4.41. The van der Waals surface area contributed by atoms with Crippen molar-refractivity contribution in [2.75, 3.05) is 6.54 Å². The standard InChI is InChI=1S/C22H26ClFN2O5/c1-21(2,3)31-20(29)25-26(13-22(4,30)19(27)28)12-14-5-7-15(8-6-14)17-11-16(23)9-10-18(17)24/h5-11,30H,12-13H2,1-4H3,(H,25,29)(H,27,28). The van der Waals surface area contributed by atoms with Crippen molar-refractivity contribution >= 4 is 23.7 Å². The molecule has 0 aromatic heterocycles. The third-order valence-electron chi connectivity index (χ3n) is 4.17. The normalized spacial score (nSPS) is 13.5. The van der Waals surface area contributed by atoms with E-state index in [1.807, 2.05) is 0 Å². The third kappa shape index (κ3) is 7.50. The number of carbonyl (C=O) groups is 2. The van der Waals surface area contributed by atoms with Gasteiger partial charge in [-0.15, -0.1) is 0 Å². The Kier molecular flexibility index (Phi) is 7.64. The summed E-state index contributed by atoms with van der Waals surface area (Å²) in [4.78, 5) is 23.5. The molecule has 2 rings (SSSR count). The van der Waals surface area contributed by atoms with Gasteiger partial charge in [0.1, 0.15) is 11.4 Å². The summed E-state index contributed by atoms with van der Waals surface area (Å²) in [5, 5.41) is 21.0. The highest BCUT2D eigenvalue weighted by molar-refractivity contribution is 6.30. The number of hydrazine groups is 1. The molecule has 31 heavy (non-hydrogen) atoms. The van der Waals surface area contributed by atoms with Crippen LogP contribution in [0.4, 0.5) is 9.18 Å². The zero-order valence-corrected chi connectivity index (χ0v) is 18.5. The minimum absolute atomic E-state index is 0.0704. The van der Waals surface area contributed by atoms with Gasteiger partial charge in [-0.05, 0) is 57.0 Å². The molecule has 2 aromatic rings. The minimum Gasteiger partial charge on any atom is -0.479 e. The molecule has 0 bridgehead atoms. The van der Waals surface area contributed by atoms with E-state index in [4.69, 9.17) is 16.3 Å². The Labute approximate surface area is 185 Å². The van der Waals surface area contributed by atoms with Crippen molar-refractivity contribution in [2.45, 2.75) is 45.4 Å². The second kappa shape index (κ2) is 9.64. The minimum atomic E-state index is -2.11. The quantitative estimate of drug-likeness (QED) is 0.544. The maximum absolute atomic E-state index is 14.1. The van der Waals surface area contributed by atoms with Crippen LogP contribution in [0.15, 0.2) is 42.5 Å². The van der Waals surface area contributed by atoms with E-state index in [0.29, 0.717) is 21.7 Å². The number of carboxylic acid groups (broad SMARTS) is 1. The molecule has 0 aliphatic carbocycles. The van der Waals surface area contributed by atoms with Gasteiger partial charge in [0.25, 0.3) is 0 Å². The van der Waals surface area contributed by atoms with Crippen molar-refractivity contribution in [1.29, 1.82) is 0 Å². The maximum Gasteiger partial charge on any atom is 0.422 e. The predicted molar refractivity (Wildman–Crippen MR) is 115 cm³/mol.